The monoisotopic (exact) mass is 1520 g/mol. The van der Waals surface area contributed by atoms with Gasteiger partial charge < -0.3 is 78.8 Å². The molecule has 36 heteroatoms. The lowest BCUT2D eigenvalue weighted by Crippen LogP contribution is -2.37. The lowest BCUT2D eigenvalue weighted by molar-refractivity contribution is -0.138. The average molecular weight is 1520 g/mol. The van der Waals surface area contributed by atoms with Crippen LogP contribution in [0.1, 0.15) is 161 Å². The number of aliphatic carboxylic acids is 4. The molecule has 4 fully saturated rings. The molecular formula is C74H104N24O12. The third-order valence-corrected chi connectivity index (χ3v) is 19.3. The van der Waals surface area contributed by atoms with Crippen LogP contribution < -0.4 is 41.3 Å². The number of carboxylic acids is 4. The number of carbonyl (C=O) groups is 6. The van der Waals surface area contributed by atoms with Crippen LogP contribution in [0.3, 0.4) is 0 Å². The van der Waals surface area contributed by atoms with Gasteiger partial charge in [0.1, 0.15) is 26.2 Å². The van der Waals surface area contributed by atoms with Crippen LogP contribution in [0.5, 0.6) is 0 Å². The Morgan fingerprint density at radius 2 is 0.973 bits per heavy atom. The molecule has 8 aromatic heterocycles. The van der Waals surface area contributed by atoms with Gasteiger partial charge in [-0.05, 0) is 74.8 Å². The van der Waals surface area contributed by atoms with Gasteiger partial charge in [-0.25, -0.2) is 19.9 Å². The molecule has 110 heavy (non-hydrogen) atoms. The quantitative estimate of drug-likeness (QED) is 0.0183. The van der Waals surface area contributed by atoms with Crippen LogP contribution in [0.25, 0.3) is 44.7 Å². The van der Waals surface area contributed by atoms with E-state index in [0.29, 0.717) is 157 Å². The van der Waals surface area contributed by atoms with Crippen molar-refractivity contribution in [3.05, 3.63) is 60.7 Å². The Kier molecular flexibility index (Phi) is 29.9. The number of nitrogens with zero attached hydrogens (tertiary/aromatic N) is 19. The van der Waals surface area contributed by atoms with Crippen LogP contribution in [0.2, 0.25) is 0 Å². The summed E-state index contributed by atoms with van der Waals surface area (Å²) in [6.07, 6.45) is 24.0. The molecule has 0 bridgehead atoms. The molecule has 0 atom stereocenters. The molecule has 9 aromatic rings. The van der Waals surface area contributed by atoms with Gasteiger partial charge in [-0.3, -0.25) is 39.4 Å². The van der Waals surface area contributed by atoms with Gasteiger partial charge in [0.2, 0.25) is 35.6 Å². The van der Waals surface area contributed by atoms with Crippen LogP contribution in [0.15, 0.2) is 49.6 Å². The van der Waals surface area contributed by atoms with E-state index in [1.54, 1.807) is 0 Å². The highest BCUT2D eigenvalue weighted by Crippen LogP contribution is 2.34. The van der Waals surface area contributed by atoms with Crippen LogP contribution >= 0.6 is 0 Å². The van der Waals surface area contributed by atoms with Gasteiger partial charge in [-0.15, -0.1) is 0 Å². The summed E-state index contributed by atoms with van der Waals surface area (Å²) in [7, 11) is 1.93. The molecule has 9 N–H and O–H groups in total. The topological polar surface area (TPSA) is 446 Å². The van der Waals surface area contributed by atoms with Gasteiger partial charge in [0.05, 0.1) is 51.7 Å². The molecule has 1 aromatic carbocycles. The number of amides is 2. The largest absolute Gasteiger partial charge is 0.480 e. The van der Waals surface area contributed by atoms with E-state index in [2.05, 4.69) is 131 Å². The van der Waals surface area contributed by atoms with Gasteiger partial charge in [0.15, 0.2) is 67.9 Å². The highest BCUT2D eigenvalue weighted by atomic mass is 16.5. The number of carboxylic acid groups (broad SMARTS) is 4. The first-order chi connectivity index (χ1) is 53.2. The molecular weight excluding hydrogens is 1420 g/mol. The van der Waals surface area contributed by atoms with E-state index in [1.807, 2.05) is 35.6 Å². The number of hydrogen-bond donors (Lipinski definition) is 9. The number of nitrogens with one attached hydrogen (secondary N) is 5. The summed E-state index contributed by atoms with van der Waals surface area (Å²) in [5, 5.41) is 51.9. The number of ether oxygens (including phenoxy) is 2. The van der Waals surface area contributed by atoms with Crippen LogP contribution in [0.4, 0.5) is 47.1 Å². The fourth-order valence-corrected chi connectivity index (χ4v) is 13.3. The predicted molar refractivity (Wildman–Crippen MR) is 416 cm³/mol. The zero-order chi connectivity index (χ0) is 78.1. The minimum Gasteiger partial charge on any atom is -0.480 e. The molecule has 0 radical (unpaired) electrons. The van der Waals surface area contributed by atoms with Crippen molar-refractivity contribution < 1.29 is 58.7 Å². The number of imidazole rings is 4. The number of unbranched alkanes of at least 4 members (excludes halogenated alkanes) is 3. The first-order valence-electron chi connectivity index (χ1n) is 38.3. The third kappa shape index (κ3) is 22.8. The molecule has 10 heterocycles. The maximum Gasteiger partial charge on any atom is 0.323 e. The highest BCUT2D eigenvalue weighted by Gasteiger charge is 2.28. The second-order valence-corrected chi connectivity index (χ2v) is 28.1. The van der Waals surface area contributed by atoms with Crippen molar-refractivity contribution in [1.82, 2.24) is 78.1 Å². The molecule has 0 spiro atoms. The summed E-state index contributed by atoms with van der Waals surface area (Å²) in [6.45, 7) is 17.4. The number of fused-ring (bicyclic) bond motifs is 4. The highest BCUT2D eigenvalue weighted by molar-refractivity contribution is 5.94. The number of morpholine rings is 2. The summed E-state index contributed by atoms with van der Waals surface area (Å²) in [4.78, 5) is 129. The minimum atomic E-state index is -0.996. The van der Waals surface area contributed by atoms with E-state index in [1.165, 1.54) is 87.7 Å². The number of carbonyl (C=O) groups excluding carboxylic acids is 2. The first kappa shape index (κ1) is 81.5. The second-order valence-electron chi connectivity index (χ2n) is 28.1. The van der Waals surface area contributed by atoms with Gasteiger partial charge in [0.25, 0.3) is 0 Å². The zero-order valence-electron chi connectivity index (χ0n) is 63.7. The van der Waals surface area contributed by atoms with Crippen LogP contribution in [-0.4, -0.2) is 213 Å². The van der Waals surface area contributed by atoms with E-state index in [-0.39, 0.29) is 55.8 Å². The predicted octanol–water partition coefficient (Wildman–Crippen LogP) is 9.14. The summed E-state index contributed by atoms with van der Waals surface area (Å²) in [5.74, 6) is 0.975. The van der Waals surface area contributed by atoms with Crippen molar-refractivity contribution in [3.8, 4) is 0 Å². The molecule has 2 amide bonds. The average Bonchev–Trinajstić information content (AvgIpc) is 1.64. The maximum absolute atomic E-state index is 12.7. The van der Waals surface area contributed by atoms with Crippen LogP contribution in [0, 0.1) is 11.8 Å². The molecule has 2 aliphatic carbocycles. The Bertz CT molecular complexity index is 4540. The number of anilines is 8. The van der Waals surface area contributed by atoms with E-state index >= 15 is 0 Å². The summed E-state index contributed by atoms with van der Waals surface area (Å²) < 4.78 is 16.7. The normalized spacial score (nSPS) is 14.8. The molecule has 4 aliphatic rings. The van der Waals surface area contributed by atoms with Gasteiger partial charge in [0, 0.05) is 71.7 Å². The standard InChI is InChI=1S/C25H34N6O2.C18H24N6O4.C16H22N6O4.C15H24N6O2/c1-17(2)12-13-26-23-22-24(31(16-28-22)15-21(32)33)30-25(29-23)27-14-18-8-10-20(11-9-18)19-6-4-3-5-7-19;25-13(26)10-24-11-19-14-15(23-6-8-28-9-7-23)20-18(21-16(14)24)22-17(27)12-4-2-1-3-5-12;1-2-3-4-11(23)18-16-19-14(21-5-7-26-8-6-21)13-15(20-16)22(10-17-13)9-12(24)25;1-4-6-7-8-16-15-18-13(20(3)5-2)12-14(19-15)21(10-17-12)9-11(22)23/h8-11,16-17,19H,3-7,12-15H2,1-2H3,(H,32,33)(H2,26,27,29,30);11-12H,1-10H2,(H,25,26)(H,20,21,22,27);10H,2-9H2,1H3,(H,24,25)(H,18,19,20,23);10H,4-9H2,1-3H3,(H,22,23)(H,16,18,19). The maximum atomic E-state index is 12.7. The third-order valence-electron chi connectivity index (χ3n) is 19.3. The van der Waals surface area contributed by atoms with Gasteiger partial charge >= 0.3 is 23.9 Å². The number of benzene rings is 1. The first-order valence-corrected chi connectivity index (χ1v) is 38.3. The van der Waals surface area contributed by atoms with Crippen molar-refractivity contribution in [2.24, 2.45) is 11.8 Å². The zero-order valence-corrected chi connectivity index (χ0v) is 63.7. The number of hydrogen-bond acceptors (Lipinski definition) is 26. The molecule has 2 saturated carbocycles. The Hall–Kier alpha value is -11.0. The van der Waals surface area contributed by atoms with Gasteiger partial charge in [-0.1, -0.05) is 110 Å². The van der Waals surface area contributed by atoms with Crippen molar-refractivity contribution in [3.63, 3.8) is 0 Å². The van der Waals surface area contributed by atoms with Crippen molar-refractivity contribution in [2.45, 2.75) is 182 Å². The number of aromatic nitrogens is 16. The fourth-order valence-electron chi connectivity index (χ4n) is 13.3. The van der Waals surface area contributed by atoms with E-state index in [0.717, 1.165) is 89.4 Å². The van der Waals surface area contributed by atoms with E-state index < -0.39 is 23.9 Å². The van der Waals surface area contributed by atoms with Crippen molar-refractivity contribution in [2.75, 3.05) is 121 Å². The SMILES string of the molecule is CC(C)CCNc1nc(NCc2ccc(C3CCCCC3)cc2)nc2c1ncn2CC(=O)O.CCCCC(=O)Nc1nc(N2CCOCC2)c2ncn(CC(=O)O)c2n1.CCCCCNc1nc(N(C)CC)c2ncn(CC(=O)O)c2n1.O=C(O)Cn1cnc2c(N3CCOCC3)nc(NC(=O)C3CCCCC3)nc21. The molecule has 36 nitrogen and oxygen atoms in total. The molecule has 592 valence electrons. The summed E-state index contributed by atoms with van der Waals surface area (Å²) in [6, 6.07) is 8.84. The smallest absolute Gasteiger partial charge is 0.323 e. The van der Waals surface area contributed by atoms with Crippen molar-refractivity contribution >= 4 is 127 Å². The molecule has 2 saturated heterocycles. The number of rotatable bonds is 31. The minimum absolute atomic E-state index is 0.0242. The van der Waals surface area contributed by atoms with Crippen molar-refractivity contribution in [1.29, 1.82) is 0 Å². The van der Waals surface area contributed by atoms with Crippen LogP contribution in [-0.2, 0) is 71.0 Å². The van der Waals surface area contributed by atoms with E-state index in [4.69, 9.17) is 24.8 Å². The lowest BCUT2D eigenvalue weighted by atomic mass is 9.84. The molecule has 13 rings (SSSR count). The Morgan fingerprint density at radius 3 is 1.47 bits per heavy atom. The summed E-state index contributed by atoms with van der Waals surface area (Å²) in [5.41, 5.74) is 6.67. The van der Waals surface area contributed by atoms with E-state index in [9.17, 15) is 33.9 Å². The Balaban J connectivity index is 0.000000157. The summed E-state index contributed by atoms with van der Waals surface area (Å²) >= 11 is 0. The Labute approximate surface area is 637 Å². The fraction of sp³-hybridized carbons (Fsp3) is 0.568. The second kappa shape index (κ2) is 40.4. The van der Waals surface area contributed by atoms with Gasteiger partial charge in [-0.2, -0.15) is 39.9 Å². The Morgan fingerprint density at radius 1 is 0.509 bits per heavy atom. The molecule has 2 aliphatic heterocycles. The molecule has 0 unspecified atom stereocenters. The lowest BCUT2D eigenvalue weighted by Gasteiger charge is -2.28.